The van der Waals surface area contributed by atoms with Crippen LogP contribution in [0.25, 0.3) is 0 Å². The van der Waals surface area contributed by atoms with E-state index in [-0.39, 0.29) is 31.0 Å². The SMILES string of the molecule is O=C(NCc1cccc2c1OCO2)[C@H]1CS[C@H](Cc2ccccc2F)C(=O)N1. The molecule has 8 heteroatoms. The summed E-state index contributed by atoms with van der Waals surface area (Å²) in [7, 11) is 0. The van der Waals surface area contributed by atoms with E-state index in [2.05, 4.69) is 10.6 Å². The number of carbonyl (C=O) groups is 2. The lowest BCUT2D eigenvalue weighted by Crippen LogP contribution is -2.54. The molecule has 2 aliphatic heterocycles. The second kappa shape index (κ2) is 8.10. The molecule has 2 aliphatic rings. The van der Waals surface area contributed by atoms with Crippen molar-refractivity contribution in [3.05, 3.63) is 59.4 Å². The molecule has 0 saturated carbocycles. The molecule has 6 nitrogen and oxygen atoms in total. The number of thioether (sulfide) groups is 1. The summed E-state index contributed by atoms with van der Waals surface area (Å²) < 4.78 is 24.6. The van der Waals surface area contributed by atoms with E-state index in [4.69, 9.17) is 9.47 Å². The Kier molecular flexibility index (Phi) is 5.38. The zero-order valence-corrected chi connectivity index (χ0v) is 15.8. The van der Waals surface area contributed by atoms with Crippen molar-refractivity contribution in [3.63, 3.8) is 0 Å². The molecule has 1 fully saturated rings. The summed E-state index contributed by atoms with van der Waals surface area (Å²) in [6.45, 7) is 0.445. The minimum atomic E-state index is -0.622. The molecule has 0 aromatic heterocycles. The molecule has 0 spiro atoms. The van der Waals surface area contributed by atoms with E-state index in [0.717, 1.165) is 5.56 Å². The van der Waals surface area contributed by atoms with Gasteiger partial charge in [0.2, 0.25) is 18.6 Å². The number of benzene rings is 2. The minimum absolute atomic E-state index is 0.166. The molecule has 2 N–H and O–H groups in total. The molecule has 4 rings (SSSR count). The highest BCUT2D eigenvalue weighted by Gasteiger charge is 2.32. The second-order valence-corrected chi connectivity index (χ2v) is 7.78. The van der Waals surface area contributed by atoms with Gasteiger partial charge in [0.25, 0.3) is 0 Å². The molecule has 2 aromatic rings. The quantitative estimate of drug-likeness (QED) is 0.800. The predicted octanol–water partition coefficient (Wildman–Crippen LogP) is 2.01. The average molecular weight is 402 g/mol. The molecule has 2 aromatic carbocycles. The Labute approximate surface area is 165 Å². The van der Waals surface area contributed by atoms with Crippen molar-refractivity contribution >= 4 is 23.6 Å². The van der Waals surface area contributed by atoms with Crippen molar-refractivity contribution in [2.24, 2.45) is 0 Å². The minimum Gasteiger partial charge on any atom is -0.454 e. The maximum Gasteiger partial charge on any atom is 0.243 e. The Morgan fingerprint density at radius 3 is 2.82 bits per heavy atom. The summed E-state index contributed by atoms with van der Waals surface area (Å²) in [6.07, 6.45) is 0.297. The molecule has 28 heavy (non-hydrogen) atoms. The highest BCUT2D eigenvalue weighted by molar-refractivity contribution is 8.00. The summed E-state index contributed by atoms with van der Waals surface area (Å²) in [6, 6.07) is 11.3. The van der Waals surface area contributed by atoms with Crippen molar-refractivity contribution in [2.75, 3.05) is 12.5 Å². The summed E-state index contributed by atoms with van der Waals surface area (Å²) in [5, 5.41) is 5.16. The second-order valence-electron chi connectivity index (χ2n) is 6.55. The fourth-order valence-corrected chi connectivity index (χ4v) is 4.36. The van der Waals surface area contributed by atoms with E-state index >= 15 is 0 Å². The first kappa shape index (κ1) is 18.6. The van der Waals surface area contributed by atoms with Gasteiger partial charge in [-0.1, -0.05) is 30.3 Å². The molecule has 1 saturated heterocycles. The number of hydrogen-bond donors (Lipinski definition) is 2. The Morgan fingerprint density at radius 2 is 2.00 bits per heavy atom. The standard InChI is InChI=1S/C20H19FN2O4S/c21-14-6-2-1-4-12(14)8-17-20(25)23-15(10-28-17)19(24)22-9-13-5-3-7-16-18(13)27-11-26-16/h1-7,15,17H,8-11H2,(H,22,24)(H,23,25)/t15-,17-/m1/s1. The van der Waals surface area contributed by atoms with E-state index < -0.39 is 11.3 Å². The lowest BCUT2D eigenvalue weighted by atomic mass is 10.1. The van der Waals surface area contributed by atoms with Crippen LogP contribution in [-0.4, -0.2) is 35.7 Å². The Balaban J connectivity index is 1.32. The Morgan fingerprint density at radius 1 is 1.18 bits per heavy atom. The van der Waals surface area contributed by atoms with Crippen LogP contribution in [0.2, 0.25) is 0 Å². The van der Waals surface area contributed by atoms with E-state index in [1.165, 1.54) is 17.8 Å². The molecular weight excluding hydrogens is 383 g/mol. The third-order valence-corrected chi connectivity index (χ3v) is 5.99. The van der Waals surface area contributed by atoms with Crippen LogP contribution in [0.15, 0.2) is 42.5 Å². The van der Waals surface area contributed by atoms with Gasteiger partial charge in [-0.25, -0.2) is 4.39 Å². The van der Waals surface area contributed by atoms with E-state index in [1.807, 2.05) is 12.1 Å². The van der Waals surface area contributed by atoms with Crippen LogP contribution in [0, 0.1) is 5.82 Å². The first-order chi connectivity index (χ1) is 13.6. The van der Waals surface area contributed by atoms with Gasteiger partial charge in [0, 0.05) is 17.9 Å². The zero-order chi connectivity index (χ0) is 19.5. The fraction of sp³-hybridized carbons (Fsp3) is 0.300. The van der Waals surface area contributed by atoms with Crippen LogP contribution >= 0.6 is 11.8 Å². The third-order valence-electron chi connectivity index (χ3n) is 4.68. The van der Waals surface area contributed by atoms with E-state index in [0.29, 0.717) is 29.2 Å². The number of carbonyl (C=O) groups excluding carboxylic acids is 2. The van der Waals surface area contributed by atoms with Crippen LogP contribution in [0.5, 0.6) is 11.5 Å². The highest BCUT2D eigenvalue weighted by atomic mass is 32.2. The maximum absolute atomic E-state index is 13.8. The van der Waals surface area contributed by atoms with Gasteiger partial charge in [0.05, 0.1) is 5.25 Å². The Bertz CT molecular complexity index is 908. The molecule has 2 amide bonds. The van der Waals surface area contributed by atoms with Gasteiger partial charge < -0.3 is 20.1 Å². The highest BCUT2D eigenvalue weighted by Crippen LogP contribution is 2.35. The Hall–Kier alpha value is -2.74. The van der Waals surface area contributed by atoms with Gasteiger partial charge in [-0.2, -0.15) is 0 Å². The van der Waals surface area contributed by atoms with Crippen molar-refractivity contribution in [2.45, 2.75) is 24.3 Å². The summed E-state index contributed by atoms with van der Waals surface area (Å²) in [4.78, 5) is 24.8. The molecule has 0 unspecified atom stereocenters. The molecule has 2 heterocycles. The van der Waals surface area contributed by atoms with Gasteiger partial charge in [-0.3, -0.25) is 9.59 Å². The average Bonchev–Trinajstić information content (AvgIpc) is 3.18. The fourth-order valence-electron chi connectivity index (χ4n) is 3.19. The monoisotopic (exact) mass is 402 g/mol. The molecule has 0 radical (unpaired) electrons. The van der Waals surface area contributed by atoms with Crippen LogP contribution in [-0.2, 0) is 22.6 Å². The maximum atomic E-state index is 13.8. The number of ether oxygens (including phenoxy) is 2. The summed E-state index contributed by atoms with van der Waals surface area (Å²) in [5.41, 5.74) is 1.31. The number of nitrogens with one attached hydrogen (secondary N) is 2. The third kappa shape index (κ3) is 3.91. The molecule has 0 aliphatic carbocycles. The number of hydrogen-bond acceptors (Lipinski definition) is 5. The molecule has 2 atom stereocenters. The van der Waals surface area contributed by atoms with Crippen molar-refractivity contribution in [1.29, 1.82) is 0 Å². The van der Waals surface area contributed by atoms with E-state index in [9.17, 15) is 14.0 Å². The first-order valence-corrected chi connectivity index (χ1v) is 9.97. The smallest absolute Gasteiger partial charge is 0.243 e. The molecule has 146 valence electrons. The van der Waals surface area contributed by atoms with Crippen molar-refractivity contribution < 1.29 is 23.5 Å². The number of fused-ring (bicyclic) bond motifs is 1. The van der Waals surface area contributed by atoms with Crippen molar-refractivity contribution in [1.82, 2.24) is 10.6 Å². The van der Waals surface area contributed by atoms with Gasteiger partial charge >= 0.3 is 0 Å². The molecular formula is C20H19FN2O4S. The van der Waals surface area contributed by atoms with Crippen LogP contribution in [0.3, 0.4) is 0 Å². The van der Waals surface area contributed by atoms with Gasteiger partial charge in [0.15, 0.2) is 11.5 Å². The summed E-state index contributed by atoms with van der Waals surface area (Å²) >= 11 is 1.37. The number of para-hydroxylation sites is 1. The number of amides is 2. The largest absolute Gasteiger partial charge is 0.454 e. The van der Waals surface area contributed by atoms with Gasteiger partial charge in [-0.15, -0.1) is 11.8 Å². The lowest BCUT2D eigenvalue weighted by molar-refractivity contribution is -0.128. The normalized spacial score (nSPS) is 20.5. The van der Waals surface area contributed by atoms with E-state index in [1.54, 1.807) is 24.3 Å². The van der Waals surface area contributed by atoms with Crippen molar-refractivity contribution in [3.8, 4) is 11.5 Å². The number of halogens is 1. The van der Waals surface area contributed by atoms with Crippen LogP contribution < -0.4 is 20.1 Å². The lowest BCUT2D eigenvalue weighted by Gasteiger charge is -2.28. The van der Waals surface area contributed by atoms with Gasteiger partial charge in [-0.05, 0) is 24.1 Å². The molecule has 0 bridgehead atoms. The van der Waals surface area contributed by atoms with Gasteiger partial charge in [0.1, 0.15) is 11.9 Å². The topological polar surface area (TPSA) is 76.7 Å². The summed E-state index contributed by atoms with van der Waals surface area (Å²) in [5.74, 6) is 0.888. The first-order valence-electron chi connectivity index (χ1n) is 8.92. The zero-order valence-electron chi connectivity index (χ0n) is 14.9. The van der Waals surface area contributed by atoms with Crippen LogP contribution in [0.1, 0.15) is 11.1 Å². The van der Waals surface area contributed by atoms with Crippen LogP contribution in [0.4, 0.5) is 4.39 Å². The predicted molar refractivity (Wildman–Crippen MR) is 103 cm³/mol. The number of rotatable bonds is 5.